The summed E-state index contributed by atoms with van der Waals surface area (Å²) in [5.74, 6) is 0. The predicted molar refractivity (Wildman–Crippen MR) is 76.3 cm³/mol. The highest BCUT2D eigenvalue weighted by Gasteiger charge is 2.25. The van der Waals surface area contributed by atoms with Gasteiger partial charge in [-0.15, -0.1) is 0 Å². The van der Waals surface area contributed by atoms with Gasteiger partial charge in [-0.05, 0) is 0 Å². The molecule has 18 heavy (non-hydrogen) atoms. The summed E-state index contributed by atoms with van der Waals surface area (Å²) in [7, 11) is -1.74. The minimum Gasteiger partial charge on any atom is -0.258 e. The van der Waals surface area contributed by atoms with E-state index in [4.69, 9.17) is 0 Å². The molecule has 2 aromatic rings. The van der Waals surface area contributed by atoms with Crippen molar-refractivity contribution in [3.05, 3.63) is 64.7 Å². The van der Waals surface area contributed by atoms with Gasteiger partial charge in [0.25, 0.3) is 5.69 Å². The Morgan fingerprint density at radius 2 is 1.39 bits per heavy atom. The Bertz CT molecular complexity index is 550. The van der Waals surface area contributed by atoms with Crippen LogP contribution in [0.15, 0.2) is 54.6 Å². The molecule has 0 N–H and O–H groups in total. The Morgan fingerprint density at radius 1 is 0.889 bits per heavy atom. The van der Waals surface area contributed by atoms with Gasteiger partial charge < -0.3 is 0 Å². The van der Waals surface area contributed by atoms with E-state index in [1.165, 1.54) is 10.4 Å². The fraction of sp³-hybridized carbons (Fsp3) is 0.143. The summed E-state index contributed by atoms with van der Waals surface area (Å²) in [5, 5.41) is 13.2. The second kappa shape index (κ2) is 4.74. The Kier molecular flexibility index (Phi) is 3.29. The van der Waals surface area contributed by atoms with Crippen molar-refractivity contribution in [3.63, 3.8) is 0 Å². The molecule has 3 nitrogen and oxygen atoms in total. The fourth-order valence-electron chi connectivity index (χ4n) is 2.02. The maximum absolute atomic E-state index is 10.6. The lowest BCUT2D eigenvalue weighted by Gasteiger charge is -2.23. The Balaban J connectivity index is 2.39. The minimum atomic E-state index is -1.74. The molecule has 0 aliphatic carbocycles. The normalized spacial score (nSPS) is 11.2. The van der Waals surface area contributed by atoms with E-state index in [0.29, 0.717) is 0 Å². The van der Waals surface area contributed by atoms with Crippen molar-refractivity contribution in [1.29, 1.82) is 0 Å². The molecule has 0 fully saturated rings. The molecule has 2 rings (SSSR count). The van der Waals surface area contributed by atoms with Gasteiger partial charge in [0.05, 0.1) is 4.92 Å². The van der Waals surface area contributed by atoms with Crippen molar-refractivity contribution in [2.45, 2.75) is 13.1 Å². The standard InChI is InChI=1S/C14H15NO2Si/c1-18(2,13-6-4-3-5-7-13)14-10-8-12(9-11-14)15(16)17/h3-11H,1-2H3. The molecule has 0 saturated carbocycles. The highest BCUT2D eigenvalue weighted by Crippen LogP contribution is 2.11. The van der Waals surface area contributed by atoms with E-state index < -0.39 is 8.07 Å². The van der Waals surface area contributed by atoms with E-state index >= 15 is 0 Å². The lowest BCUT2D eigenvalue weighted by molar-refractivity contribution is -0.384. The van der Waals surface area contributed by atoms with Crippen LogP contribution in [-0.2, 0) is 0 Å². The van der Waals surface area contributed by atoms with E-state index in [1.54, 1.807) is 12.1 Å². The second-order valence-electron chi connectivity index (χ2n) is 4.80. The first kappa shape index (κ1) is 12.5. The molecule has 0 unspecified atom stereocenters. The third-order valence-electron chi connectivity index (χ3n) is 3.30. The van der Waals surface area contributed by atoms with Crippen molar-refractivity contribution < 1.29 is 4.92 Å². The first-order chi connectivity index (χ1) is 8.51. The van der Waals surface area contributed by atoms with Gasteiger partial charge in [-0.3, -0.25) is 10.1 Å². The monoisotopic (exact) mass is 257 g/mol. The molecule has 0 spiro atoms. The third kappa shape index (κ3) is 2.33. The maximum Gasteiger partial charge on any atom is 0.269 e. The number of nitro groups is 1. The molecule has 2 aromatic carbocycles. The summed E-state index contributed by atoms with van der Waals surface area (Å²) in [5.41, 5.74) is 0.150. The van der Waals surface area contributed by atoms with Gasteiger partial charge in [-0.25, -0.2) is 0 Å². The number of hydrogen-bond donors (Lipinski definition) is 0. The molecule has 0 radical (unpaired) electrons. The highest BCUT2D eigenvalue weighted by molar-refractivity contribution is 7.00. The average molecular weight is 257 g/mol. The molecule has 92 valence electrons. The van der Waals surface area contributed by atoms with Crippen molar-refractivity contribution in [1.82, 2.24) is 0 Å². The summed E-state index contributed by atoms with van der Waals surface area (Å²) < 4.78 is 0. The zero-order chi connectivity index (χ0) is 13.2. The Hall–Kier alpha value is -1.94. The van der Waals surface area contributed by atoms with Gasteiger partial charge >= 0.3 is 0 Å². The van der Waals surface area contributed by atoms with Crippen LogP contribution < -0.4 is 10.4 Å². The van der Waals surface area contributed by atoms with E-state index in [0.717, 1.165) is 0 Å². The summed E-state index contributed by atoms with van der Waals surface area (Å²) in [4.78, 5) is 10.3. The zero-order valence-corrected chi connectivity index (χ0v) is 11.5. The number of hydrogen-bond acceptors (Lipinski definition) is 2. The largest absolute Gasteiger partial charge is 0.269 e. The van der Waals surface area contributed by atoms with Crippen LogP contribution in [0.25, 0.3) is 0 Å². The van der Waals surface area contributed by atoms with Crippen LogP contribution in [0.2, 0.25) is 13.1 Å². The summed E-state index contributed by atoms with van der Waals surface area (Å²) >= 11 is 0. The Morgan fingerprint density at radius 3 is 1.89 bits per heavy atom. The zero-order valence-electron chi connectivity index (χ0n) is 10.5. The molecular weight excluding hydrogens is 242 g/mol. The SMILES string of the molecule is C[Si](C)(c1ccccc1)c1ccc([N+](=O)[O-])cc1. The molecule has 0 heterocycles. The van der Waals surface area contributed by atoms with Crippen LogP contribution in [0.4, 0.5) is 5.69 Å². The molecule has 0 amide bonds. The van der Waals surface area contributed by atoms with E-state index in [9.17, 15) is 10.1 Å². The van der Waals surface area contributed by atoms with Crippen LogP contribution in [0.3, 0.4) is 0 Å². The Labute approximate surface area is 107 Å². The number of non-ortho nitro benzene ring substituents is 1. The van der Waals surface area contributed by atoms with Gasteiger partial charge in [-0.1, -0.05) is 65.9 Å². The van der Waals surface area contributed by atoms with E-state index in [2.05, 4.69) is 25.2 Å². The molecule has 0 aliphatic rings. The topological polar surface area (TPSA) is 43.1 Å². The highest BCUT2D eigenvalue weighted by atomic mass is 28.3. The molecule has 0 bridgehead atoms. The first-order valence-corrected chi connectivity index (χ1v) is 8.82. The van der Waals surface area contributed by atoms with Gasteiger partial charge in [-0.2, -0.15) is 0 Å². The van der Waals surface area contributed by atoms with Crippen molar-refractivity contribution in [2.24, 2.45) is 0 Å². The van der Waals surface area contributed by atoms with Crippen LogP contribution in [0, 0.1) is 10.1 Å². The maximum atomic E-state index is 10.6. The lowest BCUT2D eigenvalue weighted by Crippen LogP contribution is -2.52. The second-order valence-corrected chi connectivity index (χ2v) is 9.20. The number of nitrogens with zero attached hydrogens (tertiary/aromatic N) is 1. The number of nitro benzene ring substituents is 1. The average Bonchev–Trinajstić information content (AvgIpc) is 2.40. The number of benzene rings is 2. The summed E-state index contributed by atoms with van der Waals surface area (Å²) in [6.07, 6.45) is 0. The van der Waals surface area contributed by atoms with Crippen molar-refractivity contribution >= 4 is 24.1 Å². The van der Waals surface area contributed by atoms with Crippen molar-refractivity contribution in [3.8, 4) is 0 Å². The van der Waals surface area contributed by atoms with Gasteiger partial charge in [0.1, 0.15) is 8.07 Å². The predicted octanol–water partition coefficient (Wildman–Crippen LogP) is 2.42. The van der Waals surface area contributed by atoms with Crippen molar-refractivity contribution in [2.75, 3.05) is 0 Å². The van der Waals surface area contributed by atoms with Crippen LogP contribution in [0.5, 0.6) is 0 Å². The summed E-state index contributed by atoms with van der Waals surface area (Å²) in [6.45, 7) is 4.51. The van der Waals surface area contributed by atoms with Gasteiger partial charge in [0.15, 0.2) is 0 Å². The quantitative estimate of drug-likeness (QED) is 0.481. The molecule has 0 aromatic heterocycles. The first-order valence-electron chi connectivity index (χ1n) is 5.82. The fourth-order valence-corrected chi connectivity index (χ4v) is 4.38. The molecule has 0 saturated heterocycles. The van der Waals surface area contributed by atoms with Crippen LogP contribution in [0.1, 0.15) is 0 Å². The third-order valence-corrected chi connectivity index (χ3v) is 6.85. The van der Waals surface area contributed by atoms with E-state index in [-0.39, 0.29) is 10.6 Å². The number of rotatable bonds is 3. The van der Waals surface area contributed by atoms with Gasteiger partial charge in [0, 0.05) is 12.1 Å². The smallest absolute Gasteiger partial charge is 0.258 e. The summed E-state index contributed by atoms with van der Waals surface area (Å²) in [6, 6.07) is 17.3. The van der Waals surface area contributed by atoms with Crippen LogP contribution in [-0.4, -0.2) is 13.0 Å². The lowest BCUT2D eigenvalue weighted by atomic mass is 10.3. The van der Waals surface area contributed by atoms with E-state index in [1.807, 2.05) is 30.3 Å². The molecule has 0 aliphatic heterocycles. The van der Waals surface area contributed by atoms with Crippen LogP contribution >= 0.6 is 0 Å². The van der Waals surface area contributed by atoms with Gasteiger partial charge in [0.2, 0.25) is 0 Å². The minimum absolute atomic E-state index is 0.150. The molecule has 0 atom stereocenters. The molecular formula is C14H15NO2Si. The molecule has 4 heteroatoms.